The van der Waals surface area contributed by atoms with Crippen molar-refractivity contribution in [1.29, 1.82) is 0 Å². The Morgan fingerprint density at radius 2 is 0.783 bits per heavy atom. The maximum Gasteiger partial charge on any atom is 0.331 e. The molecule has 9 heteroatoms. The molecular formula is C37H36N2O5S2. The van der Waals surface area contributed by atoms with Crippen LogP contribution in [-0.2, 0) is 19.3 Å². The van der Waals surface area contributed by atoms with Gasteiger partial charge in [-0.3, -0.25) is 4.79 Å². The average molecular weight is 653 g/mol. The maximum atomic E-state index is 13.2. The van der Waals surface area contributed by atoms with Gasteiger partial charge in [-0.15, -0.1) is 0 Å². The van der Waals surface area contributed by atoms with Crippen LogP contribution < -0.4 is 0 Å². The highest BCUT2D eigenvalue weighted by molar-refractivity contribution is 7.99. The largest absolute Gasteiger partial charge is 0.331 e. The smallest absolute Gasteiger partial charge is 0.318 e. The molecule has 0 atom stereocenters. The molecule has 0 saturated heterocycles. The van der Waals surface area contributed by atoms with E-state index in [0.717, 1.165) is 55.0 Å². The normalized spacial score (nSPS) is 11.7. The number of ketones is 1. The molecule has 7 nitrogen and oxygen atoms in total. The summed E-state index contributed by atoms with van der Waals surface area (Å²) in [5.74, 6) is -0.915. The monoisotopic (exact) mass is 652 g/mol. The van der Waals surface area contributed by atoms with Gasteiger partial charge in [-0.2, -0.15) is 0 Å². The lowest BCUT2D eigenvalue weighted by Gasteiger charge is -2.08. The van der Waals surface area contributed by atoms with Crippen molar-refractivity contribution in [2.75, 3.05) is 0 Å². The van der Waals surface area contributed by atoms with E-state index in [1.807, 2.05) is 97.1 Å². The molecule has 0 N–H and O–H groups in total. The molecule has 0 aliphatic heterocycles. The van der Waals surface area contributed by atoms with Gasteiger partial charge in [0.25, 0.3) is 0 Å². The molecule has 0 aliphatic rings. The number of carbonyl (C=O) groups is 3. The first-order valence-electron chi connectivity index (χ1n) is 15.1. The van der Waals surface area contributed by atoms with Crippen LogP contribution in [0.5, 0.6) is 0 Å². The fraction of sp³-hybridized carbons (Fsp3) is 0.216. The van der Waals surface area contributed by atoms with Gasteiger partial charge in [-0.1, -0.05) is 84.8 Å². The molecule has 0 aliphatic carbocycles. The third-order valence-electron chi connectivity index (χ3n) is 6.62. The number of oxime groups is 2. The molecule has 4 rings (SSSR count). The highest BCUT2D eigenvalue weighted by Crippen LogP contribution is 2.30. The Labute approximate surface area is 278 Å². The first-order valence-corrected chi connectivity index (χ1v) is 16.7. The van der Waals surface area contributed by atoms with Crippen LogP contribution in [0, 0.1) is 0 Å². The van der Waals surface area contributed by atoms with E-state index >= 15 is 0 Å². The van der Waals surface area contributed by atoms with E-state index in [-0.39, 0.29) is 5.78 Å². The Bertz CT molecular complexity index is 1570. The van der Waals surface area contributed by atoms with Crippen molar-refractivity contribution < 1.29 is 24.1 Å². The third kappa shape index (κ3) is 10.3. The zero-order valence-corrected chi connectivity index (χ0v) is 28.0. The number of benzene rings is 4. The van der Waals surface area contributed by atoms with Gasteiger partial charge >= 0.3 is 11.9 Å². The standard InChI is InChI=1S/C37H36N2O5S2/c1-5-7-35(38-43-25(3)40)27-9-17-31(18-10-27)45-33-21-13-29(14-22-33)37(42)30-15-23-34(24-16-30)46-32-19-11-28(12-20-32)36(8-6-2)39-44-26(4)41/h9-24H,5-8H2,1-4H3. The van der Waals surface area contributed by atoms with Gasteiger partial charge in [-0.05, 0) is 96.8 Å². The summed E-state index contributed by atoms with van der Waals surface area (Å²) >= 11 is 3.20. The summed E-state index contributed by atoms with van der Waals surface area (Å²) in [7, 11) is 0. The predicted molar refractivity (Wildman–Crippen MR) is 184 cm³/mol. The van der Waals surface area contributed by atoms with Crippen molar-refractivity contribution in [3.8, 4) is 0 Å². The summed E-state index contributed by atoms with van der Waals surface area (Å²) < 4.78 is 0. The van der Waals surface area contributed by atoms with Crippen LogP contribution in [0.25, 0.3) is 0 Å². The molecule has 0 radical (unpaired) electrons. The Morgan fingerprint density at radius 1 is 0.500 bits per heavy atom. The van der Waals surface area contributed by atoms with Crippen LogP contribution in [0.2, 0.25) is 0 Å². The van der Waals surface area contributed by atoms with Gasteiger partial charge in [0, 0.05) is 44.6 Å². The van der Waals surface area contributed by atoms with Crippen molar-refractivity contribution in [3.63, 3.8) is 0 Å². The Balaban J connectivity index is 1.35. The highest BCUT2D eigenvalue weighted by Gasteiger charge is 2.11. The van der Waals surface area contributed by atoms with Crippen molar-refractivity contribution in [2.45, 2.75) is 73.0 Å². The quantitative estimate of drug-likeness (QED) is 0.0580. The number of hydrogen-bond acceptors (Lipinski definition) is 9. The lowest BCUT2D eigenvalue weighted by molar-refractivity contribution is -0.141. The fourth-order valence-corrected chi connectivity index (χ4v) is 6.05. The van der Waals surface area contributed by atoms with Gasteiger partial charge in [0.05, 0.1) is 11.4 Å². The Morgan fingerprint density at radius 3 is 1.04 bits per heavy atom. The molecule has 0 fully saturated rings. The minimum Gasteiger partial charge on any atom is -0.318 e. The zero-order valence-electron chi connectivity index (χ0n) is 26.3. The second-order valence-corrected chi connectivity index (χ2v) is 12.7. The molecule has 0 aromatic heterocycles. The molecule has 0 amide bonds. The molecule has 236 valence electrons. The number of carbonyl (C=O) groups excluding carboxylic acids is 3. The maximum absolute atomic E-state index is 13.2. The van der Waals surface area contributed by atoms with Crippen LogP contribution in [0.1, 0.15) is 80.4 Å². The lowest BCUT2D eigenvalue weighted by Crippen LogP contribution is -2.03. The van der Waals surface area contributed by atoms with E-state index in [1.54, 1.807) is 23.5 Å². The number of nitrogens with zero attached hydrogens (tertiary/aromatic N) is 2. The first-order chi connectivity index (χ1) is 22.2. The lowest BCUT2D eigenvalue weighted by atomic mass is 10.0. The summed E-state index contributed by atoms with van der Waals surface area (Å²) in [4.78, 5) is 49.4. The van der Waals surface area contributed by atoms with Crippen molar-refractivity contribution in [3.05, 3.63) is 119 Å². The second kappa shape index (κ2) is 17.3. The van der Waals surface area contributed by atoms with Crippen LogP contribution >= 0.6 is 23.5 Å². The van der Waals surface area contributed by atoms with E-state index in [9.17, 15) is 14.4 Å². The molecule has 4 aromatic carbocycles. The average Bonchev–Trinajstić information content (AvgIpc) is 3.06. The summed E-state index contributed by atoms with van der Waals surface area (Å²) in [6.45, 7) is 6.77. The molecule has 0 heterocycles. The molecule has 0 spiro atoms. The van der Waals surface area contributed by atoms with E-state index < -0.39 is 11.9 Å². The molecule has 46 heavy (non-hydrogen) atoms. The van der Waals surface area contributed by atoms with Gasteiger partial charge in [0.15, 0.2) is 5.78 Å². The predicted octanol–water partition coefficient (Wildman–Crippen LogP) is 9.35. The SMILES string of the molecule is CCCC(=NOC(C)=O)c1ccc(Sc2ccc(C(=O)c3ccc(Sc4ccc(C(CCC)=NOC(C)=O)cc4)cc3)cc2)cc1. The van der Waals surface area contributed by atoms with Crippen molar-refractivity contribution in [1.82, 2.24) is 0 Å². The highest BCUT2D eigenvalue weighted by atomic mass is 32.2. The summed E-state index contributed by atoms with van der Waals surface area (Å²) in [6, 6.07) is 31.2. The van der Waals surface area contributed by atoms with E-state index in [4.69, 9.17) is 9.68 Å². The molecular weight excluding hydrogens is 617 g/mol. The van der Waals surface area contributed by atoms with E-state index in [2.05, 4.69) is 24.2 Å². The minimum absolute atomic E-state index is 0.0344. The second-order valence-electron chi connectivity index (χ2n) is 10.4. The first kappa shape index (κ1) is 34.4. The van der Waals surface area contributed by atoms with Crippen molar-refractivity contribution >= 4 is 52.7 Å². The van der Waals surface area contributed by atoms with Crippen LogP contribution in [0.4, 0.5) is 0 Å². The topological polar surface area (TPSA) is 94.4 Å². The summed E-state index contributed by atoms with van der Waals surface area (Å²) in [6.07, 6.45) is 3.19. The zero-order chi connectivity index (χ0) is 32.9. The van der Waals surface area contributed by atoms with Crippen LogP contribution in [0.15, 0.2) is 127 Å². The van der Waals surface area contributed by atoms with E-state index in [0.29, 0.717) is 24.0 Å². The molecule has 0 unspecified atom stereocenters. The molecule has 4 aromatic rings. The third-order valence-corrected chi connectivity index (χ3v) is 8.65. The number of hydrogen-bond donors (Lipinski definition) is 0. The van der Waals surface area contributed by atoms with Gasteiger partial charge in [0.1, 0.15) is 0 Å². The number of rotatable bonds is 14. The summed E-state index contributed by atoms with van der Waals surface area (Å²) in [5, 5.41) is 8.01. The van der Waals surface area contributed by atoms with Gasteiger partial charge < -0.3 is 9.68 Å². The fourth-order valence-electron chi connectivity index (χ4n) is 4.42. The van der Waals surface area contributed by atoms with E-state index in [1.165, 1.54) is 13.8 Å². The molecule has 0 bridgehead atoms. The van der Waals surface area contributed by atoms with Crippen LogP contribution in [0.3, 0.4) is 0 Å². The molecule has 0 saturated carbocycles. The van der Waals surface area contributed by atoms with Gasteiger partial charge in [-0.25, -0.2) is 9.59 Å². The van der Waals surface area contributed by atoms with Crippen molar-refractivity contribution in [2.24, 2.45) is 10.3 Å². The minimum atomic E-state index is -0.440. The Hall–Kier alpha value is -4.47. The van der Waals surface area contributed by atoms with Gasteiger partial charge in [0.2, 0.25) is 0 Å². The Kier molecular flexibility index (Phi) is 12.9. The summed E-state index contributed by atoms with van der Waals surface area (Å²) in [5.41, 5.74) is 4.56. The van der Waals surface area contributed by atoms with Crippen LogP contribution in [-0.4, -0.2) is 29.1 Å².